The van der Waals surface area contributed by atoms with E-state index in [1.54, 1.807) is 30.7 Å². The van der Waals surface area contributed by atoms with Crippen LogP contribution in [0.5, 0.6) is 0 Å². The van der Waals surface area contributed by atoms with Crippen molar-refractivity contribution in [3.8, 4) is 5.69 Å². The number of nitro benzene ring substituents is 1. The largest absolute Gasteiger partial charge is 0.323 e. The van der Waals surface area contributed by atoms with Gasteiger partial charge in [0.1, 0.15) is 0 Å². The molecule has 0 aliphatic rings. The third kappa shape index (κ3) is 2.91. The summed E-state index contributed by atoms with van der Waals surface area (Å²) in [4.78, 5) is 21.7. The molecule has 0 spiro atoms. The van der Waals surface area contributed by atoms with Crippen molar-refractivity contribution in [1.29, 1.82) is 0 Å². The van der Waals surface area contributed by atoms with Gasteiger partial charge in [-0.1, -0.05) is 6.92 Å². The van der Waals surface area contributed by atoms with Crippen LogP contribution in [0.3, 0.4) is 0 Å². The van der Waals surface area contributed by atoms with Crippen molar-refractivity contribution < 1.29 is 9.72 Å². The molecule has 0 saturated heterocycles. The maximum atomic E-state index is 11.5. The van der Waals surface area contributed by atoms with Crippen molar-refractivity contribution in [2.24, 2.45) is 0 Å². The summed E-state index contributed by atoms with van der Waals surface area (Å²) in [5.74, 6) is -0.0792. The molecule has 21 heavy (non-hydrogen) atoms. The van der Waals surface area contributed by atoms with Crippen LogP contribution in [0, 0.1) is 24.0 Å². The van der Waals surface area contributed by atoms with E-state index < -0.39 is 4.92 Å². The van der Waals surface area contributed by atoms with Gasteiger partial charge in [0.25, 0.3) is 5.69 Å². The number of carbonyl (C=O) groups is 1. The Labute approximate surface area is 121 Å². The minimum atomic E-state index is -0.447. The highest BCUT2D eigenvalue weighted by Crippen LogP contribution is 2.24. The number of hydrogen-bond donors (Lipinski definition) is 1. The van der Waals surface area contributed by atoms with Crippen LogP contribution in [-0.2, 0) is 4.79 Å². The van der Waals surface area contributed by atoms with E-state index in [2.05, 4.69) is 10.4 Å². The summed E-state index contributed by atoms with van der Waals surface area (Å²) in [6, 6.07) is 6.11. The Morgan fingerprint density at radius 3 is 2.48 bits per heavy atom. The van der Waals surface area contributed by atoms with E-state index in [0.29, 0.717) is 23.5 Å². The van der Waals surface area contributed by atoms with E-state index in [1.165, 1.54) is 12.1 Å². The molecule has 2 rings (SSSR count). The average Bonchev–Trinajstić information content (AvgIpc) is 2.75. The van der Waals surface area contributed by atoms with Crippen LogP contribution in [0.15, 0.2) is 24.3 Å². The van der Waals surface area contributed by atoms with Gasteiger partial charge < -0.3 is 5.32 Å². The minimum absolute atomic E-state index is 0.0276. The van der Waals surface area contributed by atoms with Crippen LogP contribution in [0.25, 0.3) is 5.69 Å². The smallest absolute Gasteiger partial charge is 0.269 e. The standard InChI is InChI=1S/C14H16N4O3/c1-4-13(19)15-14-9(2)16-17(10(14)3)11-5-7-12(8-6-11)18(20)21/h5-8H,4H2,1-3H3,(H,15,19). The molecule has 1 aromatic carbocycles. The number of rotatable bonds is 4. The first-order valence-electron chi connectivity index (χ1n) is 6.55. The quantitative estimate of drug-likeness (QED) is 0.691. The molecule has 0 aliphatic heterocycles. The lowest BCUT2D eigenvalue weighted by atomic mass is 10.2. The Hall–Kier alpha value is -2.70. The Morgan fingerprint density at radius 2 is 1.95 bits per heavy atom. The van der Waals surface area contributed by atoms with Gasteiger partial charge in [0.15, 0.2) is 0 Å². The Kier molecular flexibility index (Phi) is 4.02. The van der Waals surface area contributed by atoms with Gasteiger partial charge in [0.2, 0.25) is 5.91 Å². The van der Waals surface area contributed by atoms with Crippen LogP contribution in [-0.4, -0.2) is 20.6 Å². The van der Waals surface area contributed by atoms with E-state index >= 15 is 0 Å². The highest BCUT2D eigenvalue weighted by Gasteiger charge is 2.15. The van der Waals surface area contributed by atoms with Gasteiger partial charge in [-0.2, -0.15) is 5.10 Å². The fourth-order valence-electron chi connectivity index (χ4n) is 2.02. The van der Waals surface area contributed by atoms with Gasteiger partial charge >= 0.3 is 0 Å². The summed E-state index contributed by atoms with van der Waals surface area (Å²) >= 11 is 0. The topological polar surface area (TPSA) is 90.1 Å². The SMILES string of the molecule is CCC(=O)Nc1c(C)nn(-c2ccc([N+](=O)[O-])cc2)c1C. The lowest BCUT2D eigenvalue weighted by molar-refractivity contribution is -0.384. The molecule has 0 saturated carbocycles. The van der Waals surface area contributed by atoms with Gasteiger partial charge in [0, 0.05) is 18.6 Å². The van der Waals surface area contributed by atoms with Crippen molar-refractivity contribution in [1.82, 2.24) is 9.78 Å². The zero-order chi connectivity index (χ0) is 15.6. The monoisotopic (exact) mass is 288 g/mol. The molecule has 0 aliphatic carbocycles. The van der Waals surface area contributed by atoms with Gasteiger partial charge in [-0.25, -0.2) is 4.68 Å². The molecule has 1 amide bonds. The van der Waals surface area contributed by atoms with Crippen LogP contribution in [0.4, 0.5) is 11.4 Å². The summed E-state index contributed by atoms with van der Waals surface area (Å²) in [6.07, 6.45) is 0.390. The third-order valence-electron chi connectivity index (χ3n) is 3.18. The number of anilines is 1. The van der Waals surface area contributed by atoms with E-state index in [-0.39, 0.29) is 11.6 Å². The molecular formula is C14H16N4O3. The van der Waals surface area contributed by atoms with Crippen LogP contribution in [0.1, 0.15) is 24.7 Å². The zero-order valence-electron chi connectivity index (χ0n) is 12.1. The first-order chi connectivity index (χ1) is 9.93. The van der Waals surface area contributed by atoms with Crippen molar-refractivity contribution in [2.45, 2.75) is 27.2 Å². The van der Waals surface area contributed by atoms with Crippen molar-refractivity contribution >= 4 is 17.3 Å². The number of aryl methyl sites for hydroxylation is 1. The molecule has 1 N–H and O–H groups in total. The molecule has 0 atom stereocenters. The number of nitrogens with one attached hydrogen (secondary N) is 1. The Bertz CT molecular complexity index is 689. The minimum Gasteiger partial charge on any atom is -0.323 e. The maximum Gasteiger partial charge on any atom is 0.269 e. The molecule has 0 radical (unpaired) electrons. The first-order valence-corrected chi connectivity index (χ1v) is 6.55. The number of non-ortho nitro benzene ring substituents is 1. The van der Waals surface area contributed by atoms with Crippen LogP contribution in [0.2, 0.25) is 0 Å². The van der Waals surface area contributed by atoms with Crippen molar-refractivity contribution in [3.05, 3.63) is 45.8 Å². The number of benzene rings is 1. The lowest BCUT2D eigenvalue weighted by Crippen LogP contribution is -2.11. The second kappa shape index (κ2) is 5.74. The number of nitro groups is 1. The highest BCUT2D eigenvalue weighted by molar-refractivity contribution is 5.91. The predicted molar refractivity (Wildman–Crippen MR) is 78.6 cm³/mol. The number of carbonyl (C=O) groups excluding carboxylic acids is 1. The molecule has 0 unspecified atom stereocenters. The molecule has 1 heterocycles. The fourth-order valence-corrected chi connectivity index (χ4v) is 2.02. The second-order valence-electron chi connectivity index (χ2n) is 4.63. The summed E-state index contributed by atoms with van der Waals surface area (Å²) < 4.78 is 1.66. The van der Waals surface area contributed by atoms with Crippen LogP contribution >= 0.6 is 0 Å². The van der Waals surface area contributed by atoms with Crippen molar-refractivity contribution in [2.75, 3.05) is 5.32 Å². The van der Waals surface area contributed by atoms with Crippen LogP contribution < -0.4 is 5.32 Å². The number of amides is 1. The van der Waals surface area contributed by atoms with E-state index in [1.807, 2.05) is 6.92 Å². The molecule has 2 aromatic rings. The molecule has 7 nitrogen and oxygen atoms in total. The first kappa shape index (κ1) is 14.7. The third-order valence-corrected chi connectivity index (χ3v) is 3.18. The predicted octanol–water partition coefficient (Wildman–Crippen LogP) is 2.75. The molecule has 1 aromatic heterocycles. The lowest BCUT2D eigenvalue weighted by Gasteiger charge is -2.06. The maximum absolute atomic E-state index is 11.5. The van der Waals surface area contributed by atoms with E-state index in [9.17, 15) is 14.9 Å². The van der Waals surface area contributed by atoms with E-state index in [4.69, 9.17) is 0 Å². The molecule has 110 valence electrons. The zero-order valence-corrected chi connectivity index (χ0v) is 12.1. The summed E-state index contributed by atoms with van der Waals surface area (Å²) in [7, 11) is 0. The fraction of sp³-hybridized carbons (Fsp3) is 0.286. The summed E-state index contributed by atoms with van der Waals surface area (Å²) in [6.45, 7) is 5.42. The number of nitrogens with zero attached hydrogens (tertiary/aromatic N) is 3. The van der Waals surface area contributed by atoms with Gasteiger partial charge in [-0.05, 0) is 26.0 Å². The van der Waals surface area contributed by atoms with Gasteiger partial charge in [0.05, 0.1) is 27.7 Å². The van der Waals surface area contributed by atoms with Gasteiger partial charge in [-0.3, -0.25) is 14.9 Å². The molecule has 0 fully saturated rings. The van der Waals surface area contributed by atoms with Gasteiger partial charge in [-0.15, -0.1) is 0 Å². The number of aromatic nitrogens is 2. The number of hydrogen-bond acceptors (Lipinski definition) is 4. The van der Waals surface area contributed by atoms with E-state index in [0.717, 1.165) is 5.69 Å². The highest BCUT2D eigenvalue weighted by atomic mass is 16.6. The molecular weight excluding hydrogens is 272 g/mol. The average molecular weight is 288 g/mol. The summed E-state index contributed by atoms with van der Waals surface area (Å²) in [5.41, 5.74) is 2.90. The Balaban J connectivity index is 2.38. The van der Waals surface area contributed by atoms with Crippen molar-refractivity contribution in [3.63, 3.8) is 0 Å². The second-order valence-corrected chi connectivity index (χ2v) is 4.63. The molecule has 0 bridgehead atoms. The normalized spacial score (nSPS) is 10.4. The summed E-state index contributed by atoms with van der Waals surface area (Å²) in [5, 5.41) is 17.9. The molecule has 7 heteroatoms. The Morgan fingerprint density at radius 1 is 1.33 bits per heavy atom.